The highest BCUT2D eigenvalue weighted by atomic mass is 16.5. The summed E-state index contributed by atoms with van der Waals surface area (Å²) in [5.41, 5.74) is 1.65. The molecule has 0 fully saturated rings. The molecule has 21 heavy (non-hydrogen) atoms. The molecule has 0 heterocycles. The minimum Gasteiger partial charge on any atom is -0.497 e. The van der Waals surface area contributed by atoms with Gasteiger partial charge >= 0.3 is 0 Å². The van der Waals surface area contributed by atoms with Crippen LogP contribution in [-0.2, 0) is 11.3 Å². The van der Waals surface area contributed by atoms with Gasteiger partial charge in [0.2, 0.25) is 5.91 Å². The number of ether oxygens (including phenoxy) is 1. The van der Waals surface area contributed by atoms with Gasteiger partial charge in [-0.25, -0.2) is 0 Å². The molecule has 1 N–H and O–H groups in total. The highest BCUT2D eigenvalue weighted by molar-refractivity contribution is 5.86. The van der Waals surface area contributed by atoms with Crippen LogP contribution in [0.1, 0.15) is 17.0 Å². The van der Waals surface area contributed by atoms with Gasteiger partial charge in [0.1, 0.15) is 11.7 Å². The number of carbonyl (C=O) groups excluding carboxylic acids is 1. The van der Waals surface area contributed by atoms with Crippen LogP contribution in [-0.4, -0.2) is 13.0 Å². The summed E-state index contributed by atoms with van der Waals surface area (Å²) in [5, 5.41) is 12.0. The Morgan fingerprint density at radius 1 is 1.19 bits per heavy atom. The van der Waals surface area contributed by atoms with E-state index in [4.69, 9.17) is 4.74 Å². The minimum atomic E-state index is -0.788. The number of amides is 1. The molecule has 0 aliphatic heterocycles. The third-order valence-electron chi connectivity index (χ3n) is 3.15. The van der Waals surface area contributed by atoms with Gasteiger partial charge in [0.15, 0.2) is 0 Å². The van der Waals surface area contributed by atoms with Crippen molar-refractivity contribution >= 4 is 5.91 Å². The average Bonchev–Trinajstić information content (AvgIpc) is 2.55. The summed E-state index contributed by atoms with van der Waals surface area (Å²) in [6, 6.07) is 18.5. The quantitative estimate of drug-likeness (QED) is 0.915. The maximum absolute atomic E-state index is 12.1. The summed E-state index contributed by atoms with van der Waals surface area (Å²) in [6.07, 6.45) is 0. The zero-order valence-corrected chi connectivity index (χ0v) is 11.7. The molecule has 106 valence electrons. The second kappa shape index (κ2) is 7.11. The third-order valence-corrected chi connectivity index (χ3v) is 3.15. The number of rotatable bonds is 5. The minimum absolute atomic E-state index is 0.292. The van der Waals surface area contributed by atoms with Crippen molar-refractivity contribution in [2.75, 3.05) is 7.11 Å². The van der Waals surface area contributed by atoms with Crippen molar-refractivity contribution < 1.29 is 9.53 Å². The molecule has 1 atom stereocenters. The lowest BCUT2D eigenvalue weighted by Crippen LogP contribution is -2.28. The maximum atomic E-state index is 12.1. The molecule has 0 saturated heterocycles. The zero-order chi connectivity index (χ0) is 15.1. The molecule has 0 radical (unpaired) electrons. The Balaban J connectivity index is 1.98. The molecule has 4 heteroatoms. The van der Waals surface area contributed by atoms with Gasteiger partial charge in [0.25, 0.3) is 0 Å². The van der Waals surface area contributed by atoms with Crippen LogP contribution in [0, 0.1) is 11.3 Å². The molecular formula is C17H16N2O2. The fraction of sp³-hybridized carbons (Fsp3) is 0.176. The van der Waals surface area contributed by atoms with E-state index >= 15 is 0 Å². The molecular weight excluding hydrogens is 264 g/mol. The number of methoxy groups -OCH3 is 1. The van der Waals surface area contributed by atoms with Crippen molar-refractivity contribution in [3.8, 4) is 11.8 Å². The molecule has 1 unspecified atom stereocenters. The van der Waals surface area contributed by atoms with Gasteiger partial charge in [-0.15, -0.1) is 0 Å². The lowest BCUT2D eigenvalue weighted by atomic mass is 10.00. The second-order valence-corrected chi connectivity index (χ2v) is 4.54. The smallest absolute Gasteiger partial charge is 0.242 e. The maximum Gasteiger partial charge on any atom is 0.242 e. The van der Waals surface area contributed by atoms with Gasteiger partial charge in [0, 0.05) is 6.54 Å². The van der Waals surface area contributed by atoms with E-state index < -0.39 is 5.92 Å². The number of hydrogen-bond acceptors (Lipinski definition) is 3. The molecule has 0 aromatic heterocycles. The highest BCUT2D eigenvalue weighted by Crippen LogP contribution is 2.15. The van der Waals surface area contributed by atoms with Gasteiger partial charge in [-0.05, 0) is 23.3 Å². The molecule has 4 nitrogen and oxygen atoms in total. The first kappa shape index (κ1) is 14.6. The lowest BCUT2D eigenvalue weighted by molar-refractivity contribution is -0.121. The van der Waals surface area contributed by atoms with Gasteiger partial charge in [-0.1, -0.05) is 42.5 Å². The average molecular weight is 280 g/mol. The molecule has 0 aliphatic rings. The molecule has 0 aliphatic carbocycles. The Hall–Kier alpha value is -2.80. The van der Waals surface area contributed by atoms with E-state index in [9.17, 15) is 10.1 Å². The van der Waals surface area contributed by atoms with Crippen molar-refractivity contribution in [1.82, 2.24) is 5.32 Å². The fourth-order valence-electron chi connectivity index (χ4n) is 1.96. The summed E-state index contributed by atoms with van der Waals surface area (Å²) < 4.78 is 5.08. The normalized spacial score (nSPS) is 11.2. The van der Waals surface area contributed by atoms with Crippen LogP contribution in [0.2, 0.25) is 0 Å². The first-order valence-electron chi connectivity index (χ1n) is 6.60. The number of nitrogens with one attached hydrogen (secondary N) is 1. The van der Waals surface area contributed by atoms with Crippen LogP contribution in [0.25, 0.3) is 0 Å². The van der Waals surface area contributed by atoms with Crippen LogP contribution in [0.3, 0.4) is 0 Å². The monoisotopic (exact) mass is 280 g/mol. The zero-order valence-electron chi connectivity index (χ0n) is 11.7. The van der Waals surface area contributed by atoms with E-state index in [0.29, 0.717) is 12.1 Å². The number of nitrogens with zero attached hydrogens (tertiary/aromatic N) is 1. The van der Waals surface area contributed by atoms with Crippen molar-refractivity contribution in [3.63, 3.8) is 0 Å². The highest BCUT2D eigenvalue weighted by Gasteiger charge is 2.19. The van der Waals surface area contributed by atoms with Gasteiger partial charge < -0.3 is 10.1 Å². The molecule has 1 amide bonds. The van der Waals surface area contributed by atoms with E-state index in [0.717, 1.165) is 11.3 Å². The van der Waals surface area contributed by atoms with Gasteiger partial charge in [0.05, 0.1) is 13.2 Å². The van der Waals surface area contributed by atoms with E-state index in [-0.39, 0.29) is 5.91 Å². The second-order valence-electron chi connectivity index (χ2n) is 4.54. The Morgan fingerprint density at radius 2 is 1.86 bits per heavy atom. The van der Waals surface area contributed by atoms with E-state index in [1.807, 2.05) is 48.5 Å². The summed E-state index contributed by atoms with van der Waals surface area (Å²) in [6.45, 7) is 0.383. The summed E-state index contributed by atoms with van der Waals surface area (Å²) >= 11 is 0. The van der Waals surface area contributed by atoms with E-state index in [1.54, 1.807) is 19.2 Å². The summed E-state index contributed by atoms with van der Waals surface area (Å²) in [4.78, 5) is 12.1. The predicted molar refractivity (Wildman–Crippen MR) is 79.6 cm³/mol. The molecule has 2 rings (SSSR count). The Labute approximate surface area is 124 Å². The van der Waals surface area contributed by atoms with Crippen molar-refractivity contribution in [2.24, 2.45) is 0 Å². The molecule has 0 saturated carbocycles. The first-order chi connectivity index (χ1) is 10.2. The van der Waals surface area contributed by atoms with E-state index in [1.165, 1.54) is 0 Å². The van der Waals surface area contributed by atoms with Crippen molar-refractivity contribution in [1.29, 1.82) is 5.26 Å². The standard InChI is InChI=1S/C17H16N2O2/c1-21-15-9-7-13(8-10-15)12-19-17(20)16(11-18)14-5-3-2-4-6-14/h2-10,16H,12H2,1H3,(H,19,20). The van der Waals surface area contributed by atoms with Crippen LogP contribution in [0.5, 0.6) is 5.75 Å². The molecule has 0 bridgehead atoms. The number of benzene rings is 2. The van der Waals surface area contributed by atoms with Crippen LogP contribution in [0.15, 0.2) is 54.6 Å². The summed E-state index contributed by atoms with van der Waals surface area (Å²) in [7, 11) is 1.61. The Kier molecular flexibility index (Phi) is 4.94. The first-order valence-corrected chi connectivity index (χ1v) is 6.60. The predicted octanol–water partition coefficient (Wildman–Crippen LogP) is 2.62. The molecule has 0 spiro atoms. The number of nitriles is 1. The molecule has 2 aromatic rings. The molecule has 2 aromatic carbocycles. The number of carbonyl (C=O) groups is 1. The number of hydrogen-bond donors (Lipinski definition) is 1. The lowest BCUT2D eigenvalue weighted by Gasteiger charge is -2.11. The van der Waals surface area contributed by atoms with Crippen LogP contribution in [0.4, 0.5) is 0 Å². The Bertz CT molecular complexity index is 630. The SMILES string of the molecule is COc1ccc(CNC(=O)C(C#N)c2ccccc2)cc1. The fourth-order valence-corrected chi connectivity index (χ4v) is 1.96. The van der Waals surface area contributed by atoms with Gasteiger partial charge in [-0.2, -0.15) is 5.26 Å². The summed E-state index contributed by atoms with van der Waals surface area (Å²) in [5.74, 6) is -0.312. The van der Waals surface area contributed by atoms with Gasteiger partial charge in [-0.3, -0.25) is 4.79 Å². The Morgan fingerprint density at radius 3 is 2.43 bits per heavy atom. The van der Waals surface area contributed by atoms with Crippen molar-refractivity contribution in [2.45, 2.75) is 12.5 Å². The third kappa shape index (κ3) is 3.83. The largest absolute Gasteiger partial charge is 0.497 e. The van der Waals surface area contributed by atoms with Crippen molar-refractivity contribution in [3.05, 3.63) is 65.7 Å². The van der Waals surface area contributed by atoms with E-state index in [2.05, 4.69) is 5.32 Å². The van der Waals surface area contributed by atoms with Crippen LogP contribution >= 0.6 is 0 Å². The topological polar surface area (TPSA) is 62.1 Å². The van der Waals surface area contributed by atoms with Crippen LogP contribution < -0.4 is 10.1 Å².